The number of non-ortho nitro benzene ring substituents is 1. The fourth-order valence-electron chi connectivity index (χ4n) is 4.22. The molecule has 2 heterocycles. The van der Waals surface area contributed by atoms with Crippen molar-refractivity contribution < 1.29 is 14.1 Å². The highest BCUT2D eigenvalue weighted by Crippen LogP contribution is 2.38. The Bertz CT molecular complexity index is 1390. The molecule has 1 atom stereocenters. The molecule has 0 N–H and O–H groups in total. The van der Waals surface area contributed by atoms with Crippen molar-refractivity contribution in [3.63, 3.8) is 0 Å². The summed E-state index contributed by atoms with van der Waals surface area (Å²) in [5.74, 6) is -0.327. The van der Waals surface area contributed by atoms with Crippen LogP contribution in [0.3, 0.4) is 0 Å². The van der Waals surface area contributed by atoms with Gasteiger partial charge in [0.15, 0.2) is 5.43 Å². The van der Waals surface area contributed by atoms with Gasteiger partial charge in [-0.25, -0.2) is 0 Å². The van der Waals surface area contributed by atoms with Gasteiger partial charge in [-0.2, -0.15) is 0 Å². The lowest BCUT2D eigenvalue weighted by atomic mass is 9.98. The zero-order chi connectivity index (χ0) is 22.2. The van der Waals surface area contributed by atoms with Crippen LogP contribution in [-0.4, -0.2) is 22.3 Å². The summed E-state index contributed by atoms with van der Waals surface area (Å²) in [5.41, 5.74) is 1.99. The third-order valence-corrected chi connectivity index (χ3v) is 5.78. The number of nitro groups is 1. The summed E-state index contributed by atoms with van der Waals surface area (Å²) in [7, 11) is 0. The van der Waals surface area contributed by atoms with Crippen LogP contribution in [0.25, 0.3) is 11.0 Å². The largest absolute Gasteiger partial charge is 0.450 e. The molecule has 0 saturated heterocycles. The second kappa shape index (κ2) is 7.77. The molecule has 5 rings (SSSR count). The zero-order valence-corrected chi connectivity index (χ0v) is 16.9. The quantitative estimate of drug-likeness (QED) is 0.346. The molecule has 1 aromatic heterocycles. The molecule has 1 amide bonds. The lowest BCUT2D eigenvalue weighted by Gasteiger charge is -2.25. The number of hydrogen-bond acceptors (Lipinski definition) is 5. The summed E-state index contributed by atoms with van der Waals surface area (Å²) in [6.45, 7) is 0.366. The van der Waals surface area contributed by atoms with E-state index in [1.807, 2.05) is 30.3 Å². The van der Waals surface area contributed by atoms with Crippen molar-refractivity contribution in [1.82, 2.24) is 4.90 Å². The lowest BCUT2D eigenvalue weighted by molar-refractivity contribution is -0.384. The molecule has 0 radical (unpaired) electrons. The Morgan fingerprint density at radius 2 is 1.59 bits per heavy atom. The average Bonchev–Trinajstić information content (AvgIpc) is 3.10. The van der Waals surface area contributed by atoms with Gasteiger partial charge in [0, 0.05) is 18.7 Å². The van der Waals surface area contributed by atoms with Crippen molar-refractivity contribution in [1.29, 1.82) is 0 Å². The maximum atomic E-state index is 13.4. The van der Waals surface area contributed by atoms with Crippen molar-refractivity contribution in [3.05, 3.63) is 122 Å². The highest BCUT2D eigenvalue weighted by atomic mass is 16.6. The van der Waals surface area contributed by atoms with Crippen LogP contribution < -0.4 is 5.43 Å². The second-order valence-electron chi connectivity index (χ2n) is 7.66. The van der Waals surface area contributed by atoms with Crippen molar-refractivity contribution in [2.24, 2.45) is 0 Å². The first kappa shape index (κ1) is 19.7. The Hall–Kier alpha value is -4.26. The van der Waals surface area contributed by atoms with E-state index in [-0.39, 0.29) is 28.3 Å². The maximum Gasteiger partial charge on any atom is 0.290 e. The highest BCUT2D eigenvalue weighted by molar-refractivity contribution is 5.99. The van der Waals surface area contributed by atoms with Gasteiger partial charge in [-0.1, -0.05) is 42.5 Å². The number of nitro benzene ring substituents is 1. The van der Waals surface area contributed by atoms with Crippen LogP contribution in [0.1, 0.15) is 33.3 Å². The molecule has 7 heteroatoms. The number of para-hydroxylation sites is 1. The van der Waals surface area contributed by atoms with Gasteiger partial charge in [-0.05, 0) is 41.8 Å². The first-order chi connectivity index (χ1) is 15.5. The standard InChI is InChI=1S/C25H18N2O5/c28-23-19-8-4-5-9-20(19)32-24-21(23)22(17-10-12-18(13-11-17)27(30)31)26(25(24)29)15-14-16-6-2-1-3-7-16/h1-13,22H,14-15H2. The minimum absolute atomic E-state index is 0.0325. The van der Waals surface area contributed by atoms with Gasteiger partial charge >= 0.3 is 0 Å². The summed E-state index contributed by atoms with van der Waals surface area (Å²) < 4.78 is 5.89. The summed E-state index contributed by atoms with van der Waals surface area (Å²) in [4.78, 5) is 39.0. The number of nitrogens with zero attached hydrogens (tertiary/aromatic N) is 2. The molecule has 0 fully saturated rings. The molecule has 1 aliphatic rings. The van der Waals surface area contributed by atoms with E-state index in [4.69, 9.17) is 4.42 Å². The van der Waals surface area contributed by atoms with Gasteiger partial charge in [0.1, 0.15) is 5.58 Å². The van der Waals surface area contributed by atoms with Crippen molar-refractivity contribution >= 4 is 22.6 Å². The van der Waals surface area contributed by atoms with Gasteiger partial charge in [0.05, 0.1) is 21.9 Å². The topological polar surface area (TPSA) is 93.7 Å². The van der Waals surface area contributed by atoms with Crippen LogP contribution in [0.2, 0.25) is 0 Å². The number of amides is 1. The number of fused-ring (bicyclic) bond motifs is 2. The fourth-order valence-corrected chi connectivity index (χ4v) is 4.22. The predicted octanol–water partition coefficient (Wildman–Crippen LogP) is 4.49. The normalized spacial score (nSPS) is 15.2. The summed E-state index contributed by atoms with van der Waals surface area (Å²) in [5, 5.41) is 11.5. The average molecular weight is 426 g/mol. The van der Waals surface area contributed by atoms with Crippen LogP contribution in [0.5, 0.6) is 0 Å². The van der Waals surface area contributed by atoms with Crippen LogP contribution in [0.15, 0.2) is 88.1 Å². The third kappa shape index (κ3) is 3.24. The maximum absolute atomic E-state index is 13.4. The minimum Gasteiger partial charge on any atom is -0.450 e. The van der Waals surface area contributed by atoms with E-state index in [2.05, 4.69) is 0 Å². The molecule has 1 unspecified atom stereocenters. The third-order valence-electron chi connectivity index (χ3n) is 5.78. The molecular weight excluding hydrogens is 408 g/mol. The Labute approximate surface area is 182 Å². The number of carbonyl (C=O) groups excluding carboxylic acids is 1. The van der Waals surface area contributed by atoms with Crippen LogP contribution in [-0.2, 0) is 6.42 Å². The van der Waals surface area contributed by atoms with E-state index in [1.54, 1.807) is 41.3 Å². The van der Waals surface area contributed by atoms with Crippen LogP contribution in [0.4, 0.5) is 5.69 Å². The monoisotopic (exact) mass is 426 g/mol. The van der Waals surface area contributed by atoms with Gasteiger partial charge in [-0.3, -0.25) is 19.7 Å². The first-order valence-corrected chi connectivity index (χ1v) is 10.2. The molecular formula is C25H18N2O5. The molecule has 32 heavy (non-hydrogen) atoms. The number of carbonyl (C=O) groups is 1. The zero-order valence-electron chi connectivity index (χ0n) is 16.9. The van der Waals surface area contributed by atoms with Gasteiger partial charge in [-0.15, -0.1) is 0 Å². The first-order valence-electron chi connectivity index (χ1n) is 10.2. The molecule has 158 valence electrons. The van der Waals surface area contributed by atoms with E-state index in [1.165, 1.54) is 12.1 Å². The lowest BCUT2D eigenvalue weighted by Crippen LogP contribution is -2.31. The summed E-state index contributed by atoms with van der Waals surface area (Å²) in [6, 6.07) is 21.9. The molecule has 4 aromatic rings. The fraction of sp³-hybridized carbons (Fsp3) is 0.120. The van der Waals surface area contributed by atoms with Crippen molar-refractivity contribution in [2.45, 2.75) is 12.5 Å². The Morgan fingerprint density at radius 1 is 0.906 bits per heavy atom. The number of hydrogen-bond donors (Lipinski definition) is 0. The molecule has 7 nitrogen and oxygen atoms in total. The Balaban J connectivity index is 1.63. The van der Waals surface area contributed by atoms with E-state index < -0.39 is 11.0 Å². The number of benzene rings is 3. The Kier molecular flexibility index (Phi) is 4.78. The molecule has 0 spiro atoms. The highest BCUT2D eigenvalue weighted by Gasteiger charge is 2.42. The van der Waals surface area contributed by atoms with E-state index in [0.29, 0.717) is 29.5 Å². The van der Waals surface area contributed by atoms with E-state index >= 15 is 0 Å². The van der Waals surface area contributed by atoms with Gasteiger partial charge in [0.2, 0.25) is 5.76 Å². The second-order valence-corrected chi connectivity index (χ2v) is 7.66. The molecule has 1 aliphatic heterocycles. The minimum atomic E-state index is -0.678. The smallest absolute Gasteiger partial charge is 0.290 e. The van der Waals surface area contributed by atoms with Crippen LogP contribution >= 0.6 is 0 Å². The van der Waals surface area contributed by atoms with Gasteiger partial charge in [0.25, 0.3) is 11.6 Å². The van der Waals surface area contributed by atoms with Crippen molar-refractivity contribution in [2.75, 3.05) is 6.54 Å². The SMILES string of the molecule is O=C1c2oc3ccccc3c(=O)c2C(c2ccc([N+](=O)[O-])cc2)N1CCc1ccccc1. The van der Waals surface area contributed by atoms with Crippen LogP contribution in [0, 0.1) is 10.1 Å². The predicted molar refractivity (Wildman–Crippen MR) is 119 cm³/mol. The van der Waals surface area contributed by atoms with E-state index in [9.17, 15) is 19.7 Å². The molecule has 3 aromatic carbocycles. The Morgan fingerprint density at radius 3 is 2.31 bits per heavy atom. The molecule has 0 aliphatic carbocycles. The summed E-state index contributed by atoms with van der Waals surface area (Å²) in [6.07, 6.45) is 0.595. The van der Waals surface area contributed by atoms with E-state index in [0.717, 1.165) is 5.56 Å². The number of rotatable bonds is 5. The van der Waals surface area contributed by atoms with Gasteiger partial charge < -0.3 is 9.32 Å². The molecule has 0 saturated carbocycles. The van der Waals surface area contributed by atoms with Crippen molar-refractivity contribution in [3.8, 4) is 0 Å². The summed E-state index contributed by atoms with van der Waals surface area (Å²) >= 11 is 0. The molecule has 0 bridgehead atoms.